The van der Waals surface area contributed by atoms with Gasteiger partial charge in [-0.25, -0.2) is 13.1 Å². The maximum Gasteiger partial charge on any atom is 0.236 e. The summed E-state index contributed by atoms with van der Waals surface area (Å²) in [6, 6.07) is 16.0. The average Bonchev–Trinajstić information content (AvgIpc) is 2.53. The number of aryl methyl sites for hydroxylation is 1. The Balaban J connectivity index is 1.97. The summed E-state index contributed by atoms with van der Waals surface area (Å²) in [6.45, 7) is 2.35. The molecule has 2 aromatic carbocycles. The van der Waals surface area contributed by atoms with E-state index < -0.39 is 21.7 Å². The first-order valence-electron chi connectivity index (χ1n) is 7.23. The third kappa shape index (κ3) is 5.19. The van der Waals surface area contributed by atoms with Crippen molar-refractivity contribution in [2.75, 3.05) is 12.8 Å². The van der Waals surface area contributed by atoms with Gasteiger partial charge < -0.3 is 5.32 Å². The minimum atomic E-state index is -3.53. The van der Waals surface area contributed by atoms with Crippen LogP contribution in [0.25, 0.3) is 11.1 Å². The fourth-order valence-electron chi connectivity index (χ4n) is 2.14. The molecule has 122 valence electrons. The maximum absolute atomic E-state index is 11.6. The Bertz CT molecular complexity index is 784. The molecule has 5 nitrogen and oxygen atoms in total. The van der Waals surface area contributed by atoms with Crippen molar-refractivity contribution in [3.8, 4) is 11.1 Å². The molecule has 0 spiro atoms. The lowest BCUT2D eigenvalue weighted by molar-refractivity contribution is -0.118. The predicted octanol–water partition coefficient (Wildman–Crippen LogP) is 1.83. The Morgan fingerprint density at radius 1 is 1.04 bits per heavy atom. The van der Waals surface area contributed by atoms with E-state index in [0.717, 1.165) is 16.7 Å². The van der Waals surface area contributed by atoms with Crippen molar-refractivity contribution in [2.45, 2.75) is 13.5 Å². The van der Waals surface area contributed by atoms with Crippen LogP contribution in [0, 0.1) is 6.92 Å². The largest absolute Gasteiger partial charge is 0.351 e. The molecule has 0 atom stereocenters. The molecule has 0 heterocycles. The van der Waals surface area contributed by atoms with Gasteiger partial charge in [0.15, 0.2) is 0 Å². The van der Waals surface area contributed by atoms with Crippen LogP contribution in [0.15, 0.2) is 48.5 Å². The van der Waals surface area contributed by atoms with Gasteiger partial charge in [0.1, 0.15) is 5.75 Å². The SMILES string of the molecule is CNS(=O)(=O)CC(=O)NCc1ccc(-c2cccc(C)c2)cc1. The van der Waals surface area contributed by atoms with Crippen LogP contribution in [0.3, 0.4) is 0 Å². The van der Waals surface area contributed by atoms with Crippen LogP contribution in [0.1, 0.15) is 11.1 Å². The Morgan fingerprint density at radius 3 is 2.35 bits per heavy atom. The van der Waals surface area contributed by atoms with Gasteiger partial charge in [-0.15, -0.1) is 0 Å². The number of amides is 1. The molecule has 0 fully saturated rings. The third-order valence-electron chi connectivity index (χ3n) is 3.43. The Hall–Kier alpha value is -2.18. The average molecular weight is 332 g/mol. The highest BCUT2D eigenvalue weighted by Crippen LogP contribution is 2.20. The quantitative estimate of drug-likeness (QED) is 0.847. The fourth-order valence-corrected chi connectivity index (χ4v) is 2.73. The molecule has 0 bridgehead atoms. The van der Waals surface area contributed by atoms with E-state index in [1.54, 1.807) is 0 Å². The zero-order valence-electron chi connectivity index (χ0n) is 13.2. The zero-order chi connectivity index (χ0) is 16.9. The molecule has 6 heteroatoms. The molecule has 0 saturated carbocycles. The highest BCUT2D eigenvalue weighted by Gasteiger charge is 2.13. The topological polar surface area (TPSA) is 75.3 Å². The second kappa shape index (κ2) is 7.39. The smallest absolute Gasteiger partial charge is 0.236 e. The fraction of sp³-hybridized carbons (Fsp3) is 0.235. The monoisotopic (exact) mass is 332 g/mol. The van der Waals surface area contributed by atoms with Crippen LogP contribution >= 0.6 is 0 Å². The Kier molecular flexibility index (Phi) is 5.52. The van der Waals surface area contributed by atoms with Crippen LogP contribution in [-0.2, 0) is 21.4 Å². The lowest BCUT2D eigenvalue weighted by atomic mass is 10.0. The summed E-state index contributed by atoms with van der Waals surface area (Å²) in [5, 5.41) is 2.60. The minimum Gasteiger partial charge on any atom is -0.351 e. The van der Waals surface area contributed by atoms with Crippen molar-refractivity contribution in [1.82, 2.24) is 10.0 Å². The molecule has 0 saturated heterocycles. The zero-order valence-corrected chi connectivity index (χ0v) is 14.0. The van der Waals surface area contributed by atoms with Gasteiger partial charge in [-0.2, -0.15) is 0 Å². The Morgan fingerprint density at radius 2 is 1.74 bits per heavy atom. The number of sulfonamides is 1. The number of hydrogen-bond acceptors (Lipinski definition) is 3. The van der Waals surface area contributed by atoms with Gasteiger partial charge >= 0.3 is 0 Å². The van der Waals surface area contributed by atoms with Gasteiger partial charge in [-0.1, -0.05) is 54.1 Å². The Labute approximate surface area is 136 Å². The first-order valence-corrected chi connectivity index (χ1v) is 8.89. The van der Waals surface area contributed by atoms with Gasteiger partial charge in [0.05, 0.1) is 0 Å². The third-order valence-corrected chi connectivity index (χ3v) is 4.69. The first-order chi connectivity index (χ1) is 10.9. The molecule has 0 aromatic heterocycles. The molecule has 2 aromatic rings. The highest BCUT2D eigenvalue weighted by molar-refractivity contribution is 7.90. The van der Waals surface area contributed by atoms with Crippen LogP contribution < -0.4 is 10.0 Å². The molecule has 0 aliphatic heterocycles. The summed E-state index contributed by atoms with van der Waals surface area (Å²) in [6.07, 6.45) is 0. The molecular formula is C17H20N2O3S. The maximum atomic E-state index is 11.6. The number of rotatable bonds is 6. The van der Waals surface area contributed by atoms with Crippen LogP contribution in [0.2, 0.25) is 0 Å². The van der Waals surface area contributed by atoms with Crippen LogP contribution in [-0.4, -0.2) is 27.1 Å². The van der Waals surface area contributed by atoms with Crippen molar-refractivity contribution >= 4 is 15.9 Å². The second-order valence-corrected chi connectivity index (χ2v) is 7.23. The summed E-state index contributed by atoms with van der Waals surface area (Å²) in [5.74, 6) is -1.09. The molecule has 2 N–H and O–H groups in total. The number of nitrogens with one attached hydrogen (secondary N) is 2. The van der Waals surface area contributed by atoms with E-state index in [-0.39, 0.29) is 0 Å². The highest BCUT2D eigenvalue weighted by atomic mass is 32.2. The van der Waals surface area contributed by atoms with Crippen LogP contribution in [0.4, 0.5) is 0 Å². The van der Waals surface area contributed by atoms with E-state index >= 15 is 0 Å². The number of benzene rings is 2. The summed E-state index contributed by atoms with van der Waals surface area (Å²) < 4.78 is 24.7. The lowest BCUT2D eigenvalue weighted by Gasteiger charge is -2.07. The van der Waals surface area contributed by atoms with E-state index in [1.807, 2.05) is 49.4 Å². The van der Waals surface area contributed by atoms with Crippen molar-refractivity contribution < 1.29 is 13.2 Å². The van der Waals surface area contributed by atoms with Crippen LogP contribution in [0.5, 0.6) is 0 Å². The molecule has 0 unspecified atom stereocenters. The number of hydrogen-bond donors (Lipinski definition) is 2. The number of carbonyl (C=O) groups is 1. The van der Waals surface area contributed by atoms with Crippen molar-refractivity contribution in [3.63, 3.8) is 0 Å². The molecule has 2 rings (SSSR count). The van der Waals surface area contributed by atoms with Gasteiger partial charge in [-0.3, -0.25) is 4.79 Å². The standard InChI is InChI=1S/C17H20N2O3S/c1-13-4-3-5-16(10-13)15-8-6-14(7-9-15)11-19-17(20)12-23(21,22)18-2/h3-10,18H,11-12H2,1-2H3,(H,19,20). The van der Waals surface area contributed by atoms with Crippen molar-refractivity contribution in [3.05, 3.63) is 59.7 Å². The van der Waals surface area contributed by atoms with Gasteiger partial charge in [0.2, 0.25) is 15.9 Å². The van der Waals surface area contributed by atoms with Gasteiger partial charge in [-0.05, 0) is 30.7 Å². The number of carbonyl (C=O) groups excluding carboxylic acids is 1. The van der Waals surface area contributed by atoms with E-state index in [0.29, 0.717) is 6.54 Å². The van der Waals surface area contributed by atoms with E-state index in [9.17, 15) is 13.2 Å². The normalized spacial score (nSPS) is 11.2. The van der Waals surface area contributed by atoms with Crippen molar-refractivity contribution in [2.24, 2.45) is 0 Å². The molecule has 0 aliphatic rings. The molecule has 0 aliphatic carbocycles. The molecule has 23 heavy (non-hydrogen) atoms. The van der Waals surface area contributed by atoms with Crippen molar-refractivity contribution in [1.29, 1.82) is 0 Å². The summed E-state index contributed by atoms with van der Waals surface area (Å²) in [4.78, 5) is 11.6. The first kappa shape index (κ1) is 17.2. The molecule has 0 radical (unpaired) electrons. The molecule has 1 amide bonds. The summed E-state index contributed by atoms with van der Waals surface area (Å²) >= 11 is 0. The van der Waals surface area contributed by atoms with Gasteiger partial charge in [0.25, 0.3) is 0 Å². The summed E-state index contributed by atoms with van der Waals surface area (Å²) in [5.41, 5.74) is 4.35. The van der Waals surface area contributed by atoms with E-state index in [1.165, 1.54) is 12.6 Å². The molecular weight excluding hydrogens is 312 g/mol. The minimum absolute atomic E-state index is 0.298. The van der Waals surface area contributed by atoms with E-state index in [4.69, 9.17) is 0 Å². The second-order valence-electron chi connectivity index (χ2n) is 5.31. The van der Waals surface area contributed by atoms with Gasteiger partial charge in [0, 0.05) is 6.54 Å². The van der Waals surface area contributed by atoms with E-state index in [2.05, 4.69) is 16.1 Å². The lowest BCUT2D eigenvalue weighted by Crippen LogP contribution is -2.34. The predicted molar refractivity (Wildman–Crippen MR) is 91.3 cm³/mol. The summed E-state index contributed by atoms with van der Waals surface area (Å²) in [7, 11) is -2.25.